The van der Waals surface area contributed by atoms with Crippen molar-refractivity contribution in [1.82, 2.24) is 10.2 Å². The van der Waals surface area contributed by atoms with Gasteiger partial charge in [-0.2, -0.15) is 0 Å². The molecule has 1 heterocycles. The van der Waals surface area contributed by atoms with Crippen LogP contribution in [0.4, 0.5) is 0 Å². The minimum Gasteiger partial charge on any atom is -0.310 e. The highest BCUT2D eigenvalue weighted by Gasteiger charge is 2.06. The van der Waals surface area contributed by atoms with Crippen molar-refractivity contribution in [3.05, 3.63) is 34.0 Å². The van der Waals surface area contributed by atoms with Gasteiger partial charge in [0.2, 0.25) is 0 Å². The Labute approximate surface area is 116 Å². The van der Waals surface area contributed by atoms with Crippen molar-refractivity contribution in [2.24, 2.45) is 0 Å². The third-order valence-corrected chi connectivity index (χ3v) is 3.79. The van der Waals surface area contributed by atoms with Gasteiger partial charge in [0.1, 0.15) is 0 Å². The Hall–Kier alpha value is -0.640. The topological polar surface area (TPSA) is 15.3 Å². The number of likely N-dealkylation sites (N-methyl/N-ethyl adjacent to an activating group) is 1. The fourth-order valence-electron chi connectivity index (χ4n) is 1.79. The van der Waals surface area contributed by atoms with E-state index in [1.54, 1.807) is 0 Å². The normalized spacial score (nSPS) is 11.4. The summed E-state index contributed by atoms with van der Waals surface area (Å²) in [6.07, 6.45) is 0. The van der Waals surface area contributed by atoms with Gasteiger partial charge in [-0.15, -0.1) is 11.3 Å². The van der Waals surface area contributed by atoms with Crippen molar-refractivity contribution in [1.29, 1.82) is 0 Å². The molecule has 0 atom stereocenters. The van der Waals surface area contributed by atoms with Crippen LogP contribution in [0.5, 0.6) is 0 Å². The molecule has 0 bridgehead atoms. The molecule has 18 heavy (non-hydrogen) atoms. The van der Waals surface area contributed by atoms with Crippen molar-refractivity contribution in [2.75, 3.05) is 13.1 Å². The van der Waals surface area contributed by atoms with Crippen molar-refractivity contribution in [2.45, 2.75) is 46.8 Å². The standard InChI is InChI=1S/C15H26N2S/c1-6-17(10-12(2)3)11-15-8-7-14(18-15)9-16-13(4)5/h7-8,13,16H,2,6,9-11H2,1,3-5H3. The maximum absolute atomic E-state index is 3.99. The molecule has 1 N–H and O–H groups in total. The van der Waals surface area contributed by atoms with Crippen LogP contribution in [0.15, 0.2) is 24.3 Å². The lowest BCUT2D eigenvalue weighted by atomic mass is 10.3. The van der Waals surface area contributed by atoms with Gasteiger partial charge in [-0.05, 0) is 25.6 Å². The van der Waals surface area contributed by atoms with Gasteiger partial charge in [0, 0.05) is 35.4 Å². The number of nitrogens with one attached hydrogen (secondary N) is 1. The van der Waals surface area contributed by atoms with Crippen molar-refractivity contribution < 1.29 is 0 Å². The Kier molecular flexibility index (Phi) is 6.61. The maximum atomic E-state index is 3.99. The van der Waals surface area contributed by atoms with Gasteiger partial charge >= 0.3 is 0 Å². The molecule has 0 aliphatic carbocycles. The van der Waals surface area contributed by atoms with E-state index in [0.29, 0.717) is 6.04 Å². The van der Waals surface area contributed by atoms with E-state index in [1.807, 2.05) is 11.3 Å². The summed E-state index contributed by atoms with van der Waals surface area (Å²) in [6, 6.07) is 5.04. The van der Waals surface area contributed by atoms with Crippen LogP contribution in [-0.4, -0.2) is 24.0 Å². The minimum absolute atomic E-state index is 0.547. The highest BCUT2D eigenvalue weighted by Crippen LogP contribution is 2.18. The smallest absolute Gasteiger partial charge is 0.0331 e. The number of hydrogen-bond acceptors (Lipinski definition) is 3. The molecule has 0 unspecified atom stereocenters. The van der Waals surface area contributed by atoms with Gasteiger partial charge in [0.25, 0.3) is 0 Å². The zero-order chi connectivity index (χ0) is 13.5. The summed E-state index contributed by atoms with van der Waals surface area (Å²) in [5.74, 6) is 0. The molecule has 1 aromatic heterocycles. The van der Waals surface area contributed by atoms with Crippen LogP contribution in [0.2, 0.25) is 0 Å². The number of rotatable bonds is 8. The van der Waals surface area contributed by atoms with E-state index in [0.717, 1.165) is 26.2 Å². The predicted octanol–water partition coefficient (Wildman–Crippen LogP) is 3.64. The summed E-state index contributed by atoms with van der Waals surface area (Å²) in [4.78, 5) is 5.29. The first kappa shape index (κ1) is 15.4. The van der Waals surface area contributed by atoms with Crippen molar-refractivity contribution in [3.63, 3.8) is 0 Å². The molecule has 0 fully saturated rings. The van der Waals surface area contributed by atoms with Gasteiger partial charge in [0.05, 0.1) is 0 Å². The number of nitrogens with zero attached hydrogens (tertiary/aromatic N) is 1. The number of thiophene rings is 1. The summed E-state index contributed by atoms with van der Waals surface area (Å²) < 4.78 is 0. The molecule has 1 aromatic rings. The molecule has 0 saturated carbocycles. The lowest BCUT2D eigenvalue weighted by Gasteiger charge is -2.19. The van der Waals surface area contributed by atoms with Gasteiger partial charge in [-0.1, -0.05) is 32.9 Å². The molecule has 2 nitrogen and oxygen atoms in total. The molecule has 0 aliphatic heterocycles. The minimum atomic E-state index is 0.547. The lowest BCUT2D eigenvalue weighted by molar-refractivity contribution is 0.307. The Morgan fingerprint density at radius 1 is 1.39 bits per heavy atom. The summed E-state index contributed by atoms with van der Waals surface area (Å²) in [5.41, 5.74) is 1.23. The third-order valence-electron chi connectivity index (χ3n) is 2.72. The van der Waals surface area contributed by atoms with E-state index in [-0.39, 0.29) is 0 Å². The van der Waals surface area contributed by atoms with E-state index in [4.69, 9.17) is 0 Å². The Morgan fingerprint density at radius 3 is 2.61 bits per heavy atom. The van der Waals surface area contributed by atoms with Gasteiger partial charge in [-0.25, -0.2) is 0 Å². The SMILES string of the molecule is C=C(C)CN(CC)Cc1ccc(CNC(C)C)s1. The van der Waals surface area contributed by atoms with Crippen LogP contribution < -0.4 is 5.32 Å². The first-order valence-electron chi connectivity index (χ1n) is 6.69. The molecular formula is C15H26N2S. The van der Waals surface area contributed by atoms with Crippen LogP contribution in [0.1, 0.15) is 37.4 Å². The highest BCUT2D eigenvalue weighted by molar-refractivity contribution is 7.11. The third kappa shape index (κ3) is 5.80. The summed E-state index contributed by atoms with van der Waals surface area (Å²) in [5, 5.41) is 3.46. The van der Waals surface area contributed by atoms with E-state index in [2.05, 4.69) is 56.6 Å². The molecule has 0 saturated heterocycles. The van der Waals surface area contributed by atoms with Crippen LogP contribution in [0.3, 0.4) is 0 Å². The fraction of sp³-hybridized carbons (Fsp3) is 0.600. The van der Waals surface area contributed by atoms with E-state index < -0.39 is 0 Å². The second-order valence-corrected chi connectivity index (χ2v) is 6.42. The van der Waals surface area contributed by atoms with Crippen LogP contribution in [0.25, 0.3) is 0 Å². The van der Waals surface area contributed by atoms with Gasteiger partial charge in [-0.3, -0.25) is 4.90 Å². The Balaban J connectivity index is 2.49. The first-order chi connectivity index (χ1) is 8.51. The van der Waals surface area contributed by atoms with Crippen LogP contribution in [0, 0.1) is 0 Å². The largest absolute Gasteiger partial charge is 0.310 e. The summed E-state index contributed by atoms with van der Waals surface area (Å²) in [7, 11) is 0. The molecule has 102 valence electrons. The first-order valence-corrected chi connectivity index (χ1v) is 7.50. The molecule has 1 rings (SSSR count). The van der Waals surface area contributed by atoms with Crippen LogP contribution >= 0.6 is 11.3 Å². The lowest BCUT2D eigenvalue weighted by Crippen LogP contribution is -2.24. The summed E-state index contributed by atoms with van der Waals surface area (Å²) >= 11 is 1.91. The average molecular weight is 266 g/mol. The second kappa shape index (κ2) is 7.72. The zero-order valence-corrected chi connectivity index (χ0v) is 12.9. The molecule has 0 spiro atoms. The second-order valence-electron chi connectivity index (χ2n) is 5.16. The van der Waals surface area contributed by atoms with Crippen LogP contribution in [-0.2, 0) is 13.1 Å². The molecular weight excluding hydrogens is 240 g/mol. The van der Waals surface area contributed by atoms with Gasteiger partial charge in [0.15, 0.2) is 0 Å². The molecule has 0 aliphatic rings. The maximum Gasteiger partial charge on any atom is 0.0331 e. The van der Waals surface area contributed by atoms with Crippen molar-refractivity contribution in [3.8, 4) is 0 Å². The average Bonchev–Trinajstić information content (AvgIpc) is 2.72. The van der Waals surface area contributed by atoms with E-state index >= 15 is 0 Å². The number of hydrogen-bond donors (Lipinski definition) is 1. The molecule has 0 aromatic carbocycles. The van der Waals surface area contributed by atoms with Gasteiger partial charge < -0.3 is 5.32 Å². The van der Waals surface area contributed by atoms with E-state index in [9.17, 15) is 0 Å². The Morgan fingerprint density at radius 2 is 2.06 bits per heavy atom. The zero-order valence-electron chi connectivity index (χ0n) is 12.1. The fourth-order valence-corrected chi connectivity index (χ4v) is 2.80. The molecule has 0 radical (unpaired) electrons. The molecule has 0 amide bonds. The Bertz CT molecular complexity index is 368. The molecule has 3 heteroatoms. The quantitative estimate of drug-likeness (QED) is 0.723. The monoisotopic (exact) mass is 266 g/mol. The highest BCUT2D eigenvalue weighted by atomic mass is 32.1. The van der Waals surface area contributed by atoms with Crippen molar-refractivity contribution >= 4 is 11.3 Å². The summed E-state index contributed by atoms with van der Waals surface area (Å²) in [6.45, 7) is 16.7. The van der Waals surface area contributed by atoms with E-state index in [1.165, 1.54) is 15.3 Å². The predicted molar refractivity (Wildman–Crippen MR) is 82.1 cm³/mol.